The van der Waals surface area contributed by atoms with Crippen LogP contribution in [-0.2, 0) is 31.4 Å². The van der Waals surface area contributed by atoms with Crippen molar-refractivity contribution in [1.29, 1.82) is 0 Å². The molecule has 0 aliphatic carbocycles. The van der Waals surface area contributed by atoms with Gasteiger partial charge in [-0.25, -0.2) is 12.8 Å². The summed E-state index contributed by atoms with van der Waals surface area (Å²) in [6.07, 6.45) is 4.24. The summed E-state index contributed by atoms with van der Waals surface area (Å²) >= 11 is 0. The van der Waals surface area contributed by atoms with Gasteiger partial charge in [0.05, 0.1) is 29.0 Å². The van der Waals surface area contributed by atoms with Crippen LogP contribution in [-0.4, -0.2) is 68.5 Å². The first kappa shape index (κ1) is 30.2. The largest absolute Gasteiger partial charge is 0.381 e. The van der Waals surface area contributed by atoms with Gasteiger partial charge in [0.25, 0.3) is 0 Å². The Balaban J connectivity index is 1.35. The number of aryl methyl sites for hydroxylation is 1. The van der Waals surface area contributed by atoms with Crippen molar-refractivity contribution >= 4 is 21.6 Å². The standard InChI is InChI=1S/C31H38FN5O4S/c1-22-7-9-23(10-8-22)31(13-17-41-18-14-31)29(33)30(38)36-28-21-35-20-27(32)26(28)12-11-24-19-34-15-16-37(24)42(39,40)25-5-3-2-4-6-25/h2-10,20-21,24,29,34H,11-19,33H2,1H3,(H,36,38)/t24-,29+/m0/s1. The number of halogens is 1. The number of anilines is 1. The Morgan fingerprint density at radius 3 is 2.60 bits per heavy atom. The molecule has 0 saturated carbocycles. The Labute approximate surface area is 246 Å². The number of nitrogens with two attached hydrogens (primary N) is 1. The van der Waals surface area contributed by atoms with Crippen molar-refractivity contribution in [1.82, 2.24) is 14.6 Å². The number of rotatable bonds is 9. The maximum absolute atomic E-state index is 15.2. The van der Waals surface area contributed by atoms with E-state index in [1.807, 2.05) is 31.2 Å². The third-order valence-corrected chi connectivity index (χ3v) is 10.5. The maximum atomic E-state index is 15.2. The van der Waals surface area contributed by atoms with Gasteiger partial charge in [0.2, 0.25) is 15.9 Å². The second-order valence-corrected chi connectivity index (χ2v) is 13.0. The monoisotopic (exact) mass is 595 g/mol. The van der Waals surface area contributed by atoms with E-state index in [0.717, 1.165) is 17.3 Å². The second kappa shape index (κ2) is 13.0. The summed E-state index contributed by atoms with van der Waals surface area (Å²) in [5.74, 6) is -0.999. The van der Waals surface area contributed by atoms with Gasteiger partial charge in [-0.1, -0.05) is 48.0 Å². The summed E-state index contributed by atoms with van der Waals surface area (Å²) in [6.45, 7) is 4.25. The number of aromatic nitrogens is 1. The fourth-order valence-electron chi connectivity index (χ4n) is 6.03. The van der Waals surface area contributed by atoms with Crippen molar-refractivity contribution in [3.63, 3.8) is 0 Å². The van der Waals surface area contributed by atoms with Crippen molar-refractivity contribution in [3.05, 3.63) is 89.5 Å². The summed E-state index contributed by atoms with van der Waals surface area (Å²) in [6, 6.07) is 15.0. The van der Waals surface area contributed by atoms with Crippen LogP contribution in [0.1, 0.15) is 36.0 Å². The number of amides is 1. The van der Waals surface area contributed by atoms with Crippen molar-refractivity contribution in [2.75, 3.05) is 38.2 Å². The van der Waals surface area contributed by atoms with E-state index in [-0.39, 0.29) is 22.6 Å². The van der Waals surface area contributed by atoms with Gasteiger partial charge in [0.1, 0.15) is 5.82 Å². The number of nitrogens with one attached hydrogen (secondary N) is 2. The number of hydrogen-bond acceptors (Lipinski definition) is 7. The molecule has 2 saturated heterocycles. The lowest BCUT2D eigenvalue weighted by Gasteiger charge is -2.41. The molecule has 2 aliphatic heterocycles. The number of nitrogens with zero attached hydrogens (tertiary/aromatic N) is 2. The van der Waals surface area contributed by atoms with Crippen LogP contribution in [0.3, 0.4) is 0 Å². The molecule has 1 aromatic heterocycles. The van der Waals surface area contributed by atoms with Gasteiger partial charge < -0.3 is 21.1 Å². The molecule has 2 atom stereocenters. The first-order valence-electron chi connectivity index (χ1n) is 14.3. The highest BCUT2D eigenvalue weighted by molar-refractivity contribution is 7.89. The summed E-state index contributed by atoms with van der Waals surface area (Å²) in [5.41, 5.74) is 8.64. The lowest BCUT2D eigenvalue weighted by Crippen LogP contribution is -2.55. The van der Waals surface area contributed by atoms with Gasteiger partial charge in [0.15, 0.2) is 0 Å². The Kier molecular flexibility index (Phi) is 9.34. The molecule has 2 aliphatic rings. The Bertz CT molecular complexity index is 1480. The molecule has 9 nitrogen and oxygen atoms in total. The number of ether oxygens (including phenoxy) is 1. The van der Waals surface area contributed by atoms with Crippen LogP contribution in [0.4, 0.5) is 10.1 Å². The number of hydrogen-bond donors (Lipinski definition) is 3. The first-order valence-corrected chi connectivity index (χ1v) is 15.8. The molecule has 0 bridgehead atoms. The number of carbonyl (C=O) groups excluding carboxylic acids is 1. The number of sulfonamides is 1. The number of pyridine rings is 1. The molecule has 1 amide bonds. The van der Waals surface area contributed by atoms with Gasteiger partial charge in [0, 0.05) is 49.9 Å². The molecular formula is C31H38FN5O4S. The Morgan fingerprint density at radius 1 is 1.17 bits per heavy atom. The van der Waals surface area contributed by atoms with Crippen LogP contribution < -0.4 is 16.4 Å². The van der Waals surface area contributed by atoms with Gasteiger partial charge in [-0.2, -0.15) is 4.31 Å². The maximum Gasteiger partial charge on any atom is 0.243 e. The smallest absolute Gasteiger partial charge is 0.243 e. The summed E-state index contributed by atoms with van der Waals surface area (Å²) in [4.78, 5) is 17.8. The predicted molar refractivity (Wildman–Crippen MR) is 159 cm³/mol. The molecule has 3 aromatic rings. The summed E-state index contributed by atoms with van der Waals surface area (Å²) in [5, 5.41) is 6.11. The third kappa shape index (κ3) is 6.25. The van der Waals surface area contributed by atoms with Crippen molar-refractivity contribution in [3.8, 4) is 0 Å². The van der Waals surface area contributed by atoms with E-state index in [4.69, 9.17) is 10.5 Å². The fourth-order valence-corrected chi connectivity index (χ4v) is 7.70. The van der Waals surface area contributed by atoms with Crippen molar-refractivity contribution < 1.29 is 22.3 Å². The molecule has 0 unspecified atom stereocenters. The minimum absolute atomic E-state index is 0.198. The quantitative estimate of drug-likeness (QED) is 0.347. The van der Waals surface area contributed by atoms with Crippen molar-refractivity contribution in [2.45, 2.75) is 55.0 Å². The SMILES string of the molecule is Cc1ccc(C2([C@H](N)C(=O)Nc3cncc(F)c3CC[C@H]3CNCCN3S(=O)(=O)c3ccccc3)CCOCC2)cc1. The molecule has 11 heteroatoms. The van der Waals surface area contributed by atoms with Gasteiger partial charge in [-0.05, 0) is 50.3 Å². The van der Waals surface area contributed by atoms with E-state index in [1.54, 1.807) is 30.3 Å². The minimum Gasteiger partial charge on any atom is -0.381 e. The molecule has 4 N–H and O–H groups in total. The topological polar surface area (TPSA) is 127 Å². The zero-order valence-electron chi connectivity index (χ0n) is 23.8. The molecular weight excluding hydrogens is 557 g/mol. The molecule has 3 heterocycles. The average Bonchev–Trinajstić information content (AvgIpc) is 3.01. The minimum atomic E-state index is -3.72. The number of carbonyl (C=O) groups is 1. The van der Waals surface area contributed by atoms with Crippen molar-refractivity contribution in [2.24, 2.45) is 5.73 Å². The zero-order chi connectivity index (χ0) is 29.7. The summed E-state index contributed by atoms with van der Waals surface area (Å²) in [7, 11) is -3.72. The van der Waals surface area contributed by atoms with E-state index >= 15 is 4.39 Å². The van der Waals surface area contributed by atoms with Gasteiger partial charge >= 0.3 is 0 Å². The lowest BCUT2D eigenvalue weighted by atomic mass is 9.68. The normalized spacial score (nSPS) is 20.1. The zero-order valence-corrected chi connectivity index (χ0v) is 24.6. The van der Waals surface area contributed by atoms with Crippen LogP contribution in [0.25, 0.3) is 0 Å². The lowest BCUT2D eigenvalue weighted by molar-refractivity contribution is -0.120. The molecule has 224 valence electrons. The molecule has 0 spiro atoms. The third-order valence-electron chi connectivity index (χ3n) is 8.53. The van der Waals surface area contributed by atoms with Crippen LogP contribution in [0, 0.1) is 12.7 Å². The second-order valence-electron chi connectivity index (χ2n) is 11.1. The molecule has 42 heavy (non-hydrogen) atoms. The fraction of sp³-hybridized carbons (Fsp3) is 0.419. The Morgan fingerprint density at radius 2 is 1.88 bits per heavy atom. The summed E-state index contributed by atoms with van der Waals surface area (Å²) < 4.78 is 49.1. The van der Waals surface area contributed by atoms with Crippen LogP contribution >= 0.6 is 0 Å². The van der Waals surface area contributed by atoms with Crippen LogP contribution in [0.15, 0.2) is 71.9 Å². The molecule has 2 fully saturated rings. The predicted octanol–water partition coefficient (Wildman–Crippen LogP) is 3.14. The van der Waals surface area contributed by atoms with Gasteiger partial charge in [-0.15, -0.1) is 0 Å². The highest BCUT2D eigenvalue weighted by atomic mass is 32.2. The highest BCUT2D eigenvalue weighted by Gasteiger charge is 2.44. The molecule has 5 rings (SSSR count). The van der Waals surface area contributed by atoms with Crippen LogP contribution in [0.2, 0.25) is 0 Å². The van der Waals surface area contributed by atoms with E-state index in [9.17, 15) is 13.2 Å². The van der Waals surface area contributed by atoms with E-state index < -0.39 is 39.2 Å². The molecule has 2 aromatic carbocycles. The number of benzene rings is 2. The van der Waals surface area contributed by atoms with Gasteiger partial charge in [-0.3, -0.25) is 9.78 Å². The highest BCUT2D eigenvalue weighted by Crippen LogP contribution is 2.38. The van der Waals surface area contributed by atoms with Crippen LogP contribution in [0.5, 0.6) is 0 Å². The average molecular weight is 596 g/mol. The number of piperazine rings is 1. The van der Waals surface area contributed by atoms with E-state index in [1.165, 1.54) is 10.5 Å². The molecule has 0 radical (unpaired) electrons. The van der Waals surface area contributed by atoms with E-state index in [0.29, 0.717) is 52.1 Å². The Hall–Kier alpha value is -3.22. The first-order chi connectivity index (χ1) is 20.2. The van der Waals surface area contributed by atoms with E-state index in [2.05, 4.69) is 15.6 Å².